The lowest BCUT2D eigenvalue weighted by atomic mass is 10.2. The Hall–Kier alpha value is -1.43. The second-order valence-corrected chi connectivity index (χ2v) is 3.85. The lowest BCUT2D eigenvalue weighted by Crippen LogP contribution is -2.17. The van der Waals surface area contributed by atoms with Gasteiger partial charge in [-0.2, -0.15) is 13.2 Å². The SMILES string of the molecule is Nc1ccc(C(F)(F)F)cc1O[C@H]1CCOC1. The number of anilines is 1. The fraction of sp³-hybridized carbons (Fsp3) is 0.455. The molecule has 1 heterocycles. The maximum absolute atomic E-state index is 12.5. The summed E-state index contributed by atoms with van der Waals surface area (Å²) in [6.07, 6.45) is -3.95. The summed E-state index contributed by atoms with van der Waals surface area (Å²) in [6.45, 7) is 0.944. The molecule has 1 fully saturated rings. The zero-order valence-corrected chi connectivity index (χ0v) is 8.96. The summed E-state index contributed by atoms with van der Waals surface area (Å²) in [5.41, 5.74) is 5.01. The van der Waals surface area contributed by atoms with E-state index in [9.17, 15) is 13.2 Å². The molecule has 0 amide bonds. The summed E-state index contributed by atoms with van der Waals surface area (Å²) in [6, 6.07) is 3.06. The molecular weight excluding hydrogens is 235 g/mol. The summed E-state index contributed by atoms with van der Waals surface area (Å²) in [5, 5.41) is 0. The minimum Gasteiger partial charge on any atom is -0.486 e. The molecule has 6 heteroatoms. The molecule has 2 N–H and O–H groups in total. The van der Waals surface area contributed by atoms with E-state index in [1.165, 1.54) is 6.07 Å². The monoisotopic (exact) mass is 247 g/mol. The molecule has 1 aliphatic rings. The van der Waals surface area contributed by atoms with Gasteiger partial charge in [-0.05, 0) is 18.2 Å². The summed E-state index contributed by atoms with van der Waals surface area (Å²) in [4.78, 5) is 0. The molecule has 2 rings (SSSR count). The number of rotatable bonds is 2. The molecule has 3 nitrogen and oxygen atoms in total. The van der Waals surface area contributed by atoms with Crippen molar-refractivity contribution in [2.45, 2.75) is 18.7 Å². The third-order valence-corrected chi connectivity index (χ3v) is 2.52. The van der Waals surface area contributed by atoms with Crippen molar-refractivity contribution >= 4 is 5.69 Å². The molecule has 1 saturated heterocycles. The van der Waals surface area contributed by atoms with Gasteiger partial charge in [-0.25, -0.2) is 0 Å². The van der Waals surface area contributed by atoms with Crippen molar-refractivity contribution in [2.75, 3.05) is 18.9 Å². The first-order valence-corrected chi connectivity index (χ1v) is 5.18. The second kappa shape index (κ2) is 4.44. The number of nitrogens with two attached hydrogens (primary N) is 1. The summed E-state index contributed by atoms with van der Waals surface area (Å²) in [5.74, 6) is 0.0651. The minimum atomic E-state index is -4.39. The molecule has 0 saturated carbocycles. The fourth-order valence-electron chi connectivity index (χ4n) is 1.60. The van der Waals surface area contributed by atoms with Crippen molar-refractivity contribution in [1.29, 1.82) is 0 Å². The molecule has 0 aliphatic carbocycles. The first-order chi connectivity index (χ1) is 7.97. The molecule has 1 aromatic carbocycles. The lowest BCUT2D eigenvalue weighted by Gasteiger charge is -2.15. The van der Waals surface area contributed by atoms with E-state index < -0.39 is 11.7 Å². The van der Waals surface area contributed by atoms with E-state index in [1.807, 2.05) is 0 Å². The number of hydrogen-bond donors (Lipinski definition) is 1. The highest BCUT2D eigenvalue weighted by atomic mass is 19.4. The van der Waals surface area contributed by atoms with Crippen LogP contribution in [0.2, 0.25) is 0 Å². The zero-order valence-electron chi connectivity index (χ0n) is 8.96. The van der Waals surface area contributed by atoms with Gasteiger partial charge in [0.2, 0.25) is 0 Å². The Morgan fingerprint density at radius 3 is 2.71 bits per heavy atom. The Bertz CT molecular complexity index is 400. The Morgan fingerprint density at radius 1 is 1.35 bits per heavy atom. The molecule has 1 aliphatic heterocycles. The van der Waals surface area contributed by atoms with E-state index in [-0.39, 0.29) is 17.5 Å². The number of halogens is 3. The highest BCUT2D eigenvalue weighted by molar-refractivity contribution is 5.54. The van der Waals surface area contributed by atoms with E-state index in [2.05, 4.69) is 0 Å². The van der Waals surface area contributed by atoms with E-state index in [1.54, 1.807) is 0 Å². The topological polar surface area (TPSA) is 44.5 Å². The number of benzene rings is 1. The molecule has 0 radical (unpaired) electrons. The van der Waals surface area contributed by atoms with Crippen LogP contribution in [-0.4, -0.2) is 19.3 Å². The van der Waals surface area contributed by atoms with Crippen molar-refractivity contribution in [3.05, 3.63) is 23.8 Å². The molecule has 0 aromatic heterocycles. The van der Waals surface area contributed by atoms with Gasteiger partial charge in [0.1, 0.15) is 11.9 Å². The highest BCUT2D eigenvalue weighted by Crippen LogP contribution is 2.34. The summed E-state index contributed by atoms with van der Waals surface area (Å²) >= 11 is 0. The van der Waals surface area contributed by atoms with Gasteiger partial charge < -0.3 is 15.2 Å². The van der Waals surface area contributed by atoms with Gasteiger partial charge in [0, 0.05) is 6.42 Å². The Labute approximate surface area is 96.3 Å². The fourth-order valence-corrected chi connectivity index (χ4v) is 1.60. The largest absolute Gasteiger partial charge is 0.486 e. The van der Waals surface area contributed by atoms with Crippen LogP contribution >= 0.6 is 0 Å². The molecule has 0 spiro atoms. The molecule has 1 aromatic rings. The minimum absolute atomic E-state index is 0.0651. The van der Waals surface area contributed by atoms with Crippen LogP contribution in [0, 0.1) is 0 Å². The smallest absolute Gasteiger partial charge is 0.416 e. The van der Waals surface area contributed by atoms with Crippen LogP contribution in [-0.2, 0) is 10.9 Å². The first kappa shape index (κ1) is 12.0. The lowest BCUT2D eigenvalue weighted by molar-refractivity contribution is -0.137. The van der Waals surface area contributed by atoms with Crippen LogP contribution < -0.4 is 10.5 Å². The van der Waals surface area contributed by atoms with Gasteiger partial charge in [0.15, 0.2) is 0 Å². The van der Waals surface area contributed by atoms with Crippen LogP contribution in [0.4, 0.5) is 18.9 Å². The standard InChI is InChI=1S/C11H12F3NO2/c12-11(13,14)7-1-2-9(15)10(5-7)17-8-3-4-16-6-8/h1-2,5,8H,3-4,6,15H2/t8-/m0/s1. The second-order valence-electron chi connectivity index (χ2n) is 3.85. The average molecular weight is 247 g/mol. The predicted octanol–water partition coefficient (Wildman–Crippen LogP) is 2.46. The normalized spacial score (nSPS) is 20.5. The average Bonchev–Trinajstić information content (AvgIpc) is 2.72. The Morgan fingerprint density at radius 2 is 2.12 bits per heavy atom. The third kappa shape index (κ3) is 2.82. The molecular formula is C11H12F3NO2. The van der Waals surface area contributed by atoms with Gasteiger partial charge in [0.25, 0.3) is 0 Å². The highest BCUT2D eigenvalue weighted by Gasteiger charge is 2.31. The first-order valence-electron chi connectivity index (χ1n) is 5.18. The van der Waals surface area contributed by atoms with E-state index >= 15 is 0 Å². The maximum atomic E-state index is 12.5. The van der Waals surface area contributed by atoms with Crippen LogP contribution in [0.5, 0.6) is 5.75 Å². The third-order valence-electron chi connectivity index (χ3n) is 2.52. The van der Waals surface area contributed by atoms with Crippen molar-refractivity contribution in [1.82, 2.24) is 0 Å². The van der Waals surface area contributed by atoms with E-state index in [4.69, 9.17) is 15.2 Å². The molecule has 17 heavy (non-hydrogen) atoms. The maximum Gasteiger partial charge on any atom is 0.416 e. The van der Waals surface area contributed by atoms with Crippen LogP contribution in [0.25, 0.3) is 0 Å². The number of alkyl halides is 3. The van der Waals surface area contributed by atoms with Gasteiger partial charge in [-0.15, -0.1) is 0 Å². The van der Waals surface area contributed by atoms with Gasteiger partial charge in [-0.3, -0.25) is 0 Å². The number of nitrogen functional groups attached to an aromatic ring is 1. The number of ether oxygens (including phenoxy) is 2. The Balaban J connectivity index is 2.20. The van der Waals surface area contributed by atoms with Crippen LogP contribution in [0.1, 0.15) is 12.0 Å². The molecule has 0 unspecified atom stereocenters. The van der Waals surface area contributed by atoms with Gasteiger partial charge in [0.05, 0.1) is 24.5 Å². The quantitative estimate of drug-likeness (QED) is 0.816. The van der Waals surface area contributed by atoms with Crippen molar-refractivity contribution in [2.24, 2.45) is 0 Å². The molecule has 0 bridgehead atoms. The van der Waals surface area contributed by atoms with Gasteiger partial charge in [-0.1, -0.05) is 0 Å². The molecule has 94 valence electrons. The van der Waals surface area contributed by atoms with Gasteiger partial charge >= 0.3 is 6.18 Å². The van der Waals surface area contributed by atoms with E-state index in [0.29, 0.717) is 19.6 Å². The predicted molar refractivity (Wildman–Crippen MR) is 55.7 cm³/mol. The van der Waals surface area contributed by atoms with E-state index in [0.717, 1.165) is 12.1 Å². The zero-order chi connectivity index (χ0) is 12.5. The number of hydrogen-bond acceptors (Lipinski definition) is 3. The van der Waals surface area contributed by atoms with Crippen molar-refractivity contribution < 1.29 is 22.6 Å². The summed E-state index contributed by atoms with van der Waals surface area (Å²) in [7, 11) is 0. The Kier molecular flexibility index (Phi) is 3.15. The molecule has 1 atom stereocenters. The summed E-state index contributed by atoms with van der Waals surface area (Å²) < 4.78 is 47.9. The van der Waals surface area contributed by atoms with Crippen molar-refractivity contribution in [3.8, 4) is 5.75 Å². The van der Waals surface area contributed by atoms with Crippen LogP contribution in [0.3, 0.4) is 0 Å². The van der Waals surface area contributed by atoms with Crippen molar-refractivity contribution in [3.63, 3.8) is 0 Å². The van der Waals surface area contributed by atoms with Crippen LogP contribution in [0.15, 0.2) is 18.2 Å².